The summed E-state index contributed by atoms with van der Waals surface area (Å²) in [5.41, 5.74) is 0.140. The number of aliphatic carboxylic acids is 1. The number of sulfonamides is 1. The van der Waals surface area contributed by atoms with E-state index in [4.69, 9.17) is 4.74 Å². The second-order valence-corrected chi connectivity index (χ2v) is 9.24. The summed E-state index contributed by atoms with van der Waals surface area (Å²) < 4.78 is 30.8. The van der Waals surface area contributed by atoms with Crippen molar-refractivity contribution in [3.8, 4) is 5.75 Å². The maximum absolute atomic E-state index is 11.9. The molecule has 0 unspecified atom stereocenters. The van der Waals surface area contributed by atoms with Crippen LogP contribution in [-0.2, 0) is 21.2 Å². The van der Waals surface area contributed by atoms with Crippen LogP contribution in [0.2, 0.25) is 0 Å². The highest BCUT2D eigenvalue weighted by Gasteiger charge is 2.58. The van der Waals surface area contributed by atoms with E-state index in [2.05, 4.69) is 11.8 Å². The van der Waals surface area contributed by atoms with Gasteiger partial charge < -0.3 is 9.84 Å². The number of ether oxygens (including phenoxy) is 1. The monoisotopic (exact) mass is 382 g/mol. The van der Waals surface area contributed by atoms with Gasteiger partial charge in [-0.3, -0.25) is 9.69 Å². The quantitative estimate of drug-likeness (QED) is 0.754. The SMILES string of the molecule is CCc1ccccc1OCCN1C[C@@H]2CN(S(C)(=O)=O)C[C@]2(C(=O)O)C1. The van der Waals surface area contributed by atoms with Gasteiger partial charge in [0, 0.05) is 38.6 Å². The molecule has 26 heavy (non-hydrogen) atoms. The number of hydrogen-bond donors (Lipinski definition) is 1. The number of benzene rings is 1. The van der Waals surface area contributed by atoms with Gasteiger partial charge >= 0.3 is 5.97 Å². The summed E-state index contributed by atoms with van der Waals surface area (Å²) in [6, 6.07) is 7.90. The van der Waals surface area contributed by atoms with Gasteiger partial charge in [-0.15, -0.1) is 0 Å². The van der Waals surface area contributed by atoms with Crippen molar-refractivity contribution in [3.63, 3.8) is 0 Å². The highest BCUT2D eigenvalue weighted by atomic mass is 32.2. The van der Waals surface area contributed by atoms with Crippen LogP contribution in [0, 0.1) is 11.3 Å². The summed E-state index contributed by atoms with van der Waals surface area (Å²) in [5.74, 6) is -0.225. The predicted octanol–water partition coefficient (Wildman–Crippen LogP) is 0.906. The van der Waals surface area contributed by atoms with Crippen LogP contribution in [0.3, 0.4) is 0 Å². The Hall–Kier alpha value is -1.64. The third kappa shape index (κ3) is 3.58. The highest BCUT2D eigenvalue weighted by molar-refractivity contribution is 7.88. The van der Waals surface area contributed by atoms with Crippen molar-refractivity contribution in [2.45, 2.75) is 13.3 Å². The van der Waals surface area contributed by atoms with Crippen LogP contribution in [0.4, 0.5) is 0 Å². The fourth-order valence-corrected chi connectivity index (χ4v) is 4.99. The van der Waals surface area contributed by atoms with E-state index in [9.17, 15) is 18.3 Å². The van der Waals surface area contributed by atoms with Crippen LogP contribution in [0.5, 0.6) is 5.75 Å². The molecule has 1 aromatic carbocycles. The Morgan fingerprint density at radius 3 is 2.65 bits per heavy atom. The molecule has 144 valence electrons. The minimum absolute atomic E-state index is 0.0574. The molecular weight excluding hydrogens is 356 g/mol. The zero-order chi connectivity index (χ0) is 18.9. The first-order valence-electron chi connectivity index (χ1n) is 8.88. The van der Waals surface area contributed by atoms with Gasteiger partial charge in [-0.2, -0.15) is 0 Å². The molecule has 7 nitrogen and oxygen atoms in total. The molecule has 2 aliphatic rings. The number of fused-ring (bicyclic) bond motifs is 1. The zero-order valence-corrected chi connectivity index (χ0v) is 16.0. The maximum Gasteiger partial charge on any atom is 0.312 e. The van der Waals surface area contributed by atoms with Crippen molar-refractivity contribution >= 4 is 16.0 Å². The third-order valence-corrected chi connectivity index (χ3v) is 6.78. The largest absolute Gasteiger partial charge is 0.492 e. The molecule has 1 aromatic rings. The molecule has 0 amide bonds. The molecule has 0 aliphatic carbocycles. The van der Waals surface area contributed by atoms with Crippen molar-refractivity contribution in [2.75, 3.05) is 45.6 Å². The van der Waals surface area contributed by atoms with Crippen molar-refractivity contribution < 1.29 is 23.1 Å². The molecule has 0 bridgehead atoms. The molecule has 2 fully saturated rings. The summed E-state index contributed by atoms with van der Waals surface area (Å²) >= 11 is 0. The van der Waals surface area contributed by atoms with Crippen molar-refractivity contribution in [2.24, 2.45) is 11.3 Å². The Bertz CT molecular complexity index is 782. The van der Waals surface area contributed by atoms with Gasteiger partial charge in [0.05, 0.1) is 11.7 Å². The van der Waals surface area contributed by atoms with E-state index >= 15 is 0 Å². The first-order valence-corrected chi connectivity index (χ1v) is 10.7. The number of carboxylic acid groups (broad SMARTS) is 1. The van der Waals surface area contributed by atoms with E-state index in [1.807, 2.05) is 24.3 Å². The molecule has 2 atom stereocenters. The van der Waals surface area contributed by atoms with Crippen LogP contribution < -0.4 is 4.74 Å². The normalized spacial score (nSPS) is 26.8. The van der Waals surface area contributed by atoms with Gasteiger partial charge in [0.1, 0.15) is 12.4 Å². The van der Waals surface area contributed by atoms with Gasteiger partial charge in [-0.1, -0.05) is 25.1 Å². The predicted molar refractivity (Wildman–Crippen MR) is 97.7 cm³/mol. The number of hydrogen-bond acceptors (Lipinski definition) is 5. The van der Waals surface area contributed by atoms with Crippen molar-refractivity contribution in [1.29, 1.82) is 0 Å². The van der Waals surface area contributed by atoms with E-state index in [1.165, 1.54) is 4.31 Å². The van der Waals surface area contributed by atoms with E-state index < -0.39 is 21.4 Å². The van der Waals surface area contributed by atoms with E-state index in [1.54, 1.807) is 0 Å². The topological polar surface area (TPSA) is 87.2 Å². The van der Waals surface area contributed by atoms with E-state index in [-0.39, 0.29) is 19.0 Å². The second-order valence-electron chi connectivity index (χ2n) is 7.26. The number of aryl methyl sites for hydroxylation is 1. The minimum atomic E-state index is -3.37. The third-order valence-electron chi connectivity index (χ3n) is 5.56. The number of carbonyl (C=O) groups is 1. The second kappa shape index (κ2) is 7.17. The van der Waals surface area contributed by atoms with Gasteiger partial charge in [-0.25, -0.2) is 12.7 Å². The first-order chi connectivity index (χ1) is 12.3. The summed E-state index contributed by atoms with van der Waals surface area (Å²) in [4.78, 5) is 14.0. The average Bonchev–Trinajstić information content (AvgIpc) is 3.10. The van der Waals surface area contributed by atoms with E-state index in [0.717, 1.165) is 24.0 Å². The van der Waals surface area contributed by atoms with Gasteiger partial charge in [0.25, 0.3) is 0 Å². The summed E-state index contributed by atoms with van der Waals surface area (Å²) in [7, 11) is -3.37. The van der Waals surface area contributed by atoms with Crippen molar-refractivity contribution in [1.82, 2.24) is 9.21 Å². The molecule has 1 N–H and O–H groups in total. The van der Waals surface area contributed by atoms with Crippen LogP contribution in [0.25, 0.3) is 0 Å². The first kappa shape index (κ1) is 19.1. The molecule has 3 rings (SSSR count). The summed E-state index contributed by atoms with van der Waals surface area (Å²) in [6.07, 6.45) is 2.03. The molecule has 0 saturated carbocycles. The van der Waals surface area contributed by atoms with Gasteiger partial charge in [0.15, 0.2) is 0 Å². The Labute approximate surface area is 154 Å². The Morgan fingerprint density at radius 1 is 1.31 bits per heavy atom. The molecule has 8 heteroatoms. The lowest BCUT2D eigenvalue weighted by Gasteiger charge is -2.24. The molecule has 2 heterocycles. The molecule has 0 radical (unpaired) electrons. The number of carboxylic acids is 1. The van der Waals surface area contributed by atoms with Gasteiger partial charge in [-0.05, 0) is 18.1 Å². The standard InChI is InChI=1S/C18H26N2O5S/c1-3-14-6-4-5-7-16(14)25-9-8-19-10-15-11-20(26(2,23)24)13-18(15,12-19)17(21)22/h4-7,15H,3,8-13H2,1-2H3,(H,21,22)/t15-,18-/m1/s1. The lowest BCUT2D eigenvalue weighted by Crippen LogP contribution is -2.42. The molecular formula is C18H26N2O5S. The maximum atomic E-state index is 11.9. The Kier molecular flexibility index (Phi) is 5.28. The molecule has 0 aromatic heterocycles. The lowest BCUT2D eigenvalue weighted by molar-refractivity contribution is -0.148. The van der Waals surface area contributed by atoms with Gasteiger partial charge in [0.2, 0.25) is 10.0 Å². The molecule has 2 aliphatic heterocycles. The zero-order valence-electron chi connectivity index (χ0n) is 15.2. The number of likely N-dealkylation sites (tertiary alicyclic amines) is 1. The average molecular weight is 382 g/mol. The number of nitrogens with zero attached hydrogens (tertiary/aromatic N) is 2. The molecule has 2 saturated heterocycles. The Morgan fingerprint density at radius 2 is 2.04 bits per heavy atom. The molecule has 0 spiro atoms. The lowest BCUT2D eigenvalue weighted by atomic mass is 9.81. The fraction of sp³-hybridized carbons (Fsp3) is 0.611. The van der Waals surface area contributed by atoms with Crippen LogP contribution in [0.15, 0.2) is 24.3 Å². The van der Waals surface area contributed by atoms with E-state index in [0.29, 0.717) is 26.2 Å². The summed E-state index contributed by atoms with van der Waals surface area (Å²) in [6.45, 7) is 4.46. The number of para-hydroxylation sites is 1. The van der Waals surface area contributed by atoms with Crippen LogP contribution >= 0.6 is 0 Å². The number of rotatable bonds is 7. The van der Waals surface area contributed by atoms with Crippen molar-refractivity contribution in [3.05, 3.63) is 29.8 Å². The van der Waals surface area contributed by atoms with Crippen LogP contribution in [-0.4, -0.2) is 74.3 Å². The minimum Gasteiger partial charge on any atom is -0.492 e. The smallest absolute Gasteiger partial charge is 0.312 e. The Balaban J connectivity index is 1.61. The fourth-order valence-electron chi connectivity index (χ4n) is 4.07. The highest BCUT2D eigenvalue weighted by Crippen LogP contribution is 2.43. The van der Waals surface area contributed by atoms with Crippen LogP contribution in [0.1, 0.15) is 12.5 Å². The summed E-state index contributed by atoms with van der Waals surface area (Å²) in [5, 5.41) is 9.77.